The second-order valence-electron chi connectivity index (χ2n) is 6.78. The van der Waals surface area contributed by atoms with Gasteiger partial charge in [-0.3, -0.25) is 9.59 Å². The van der Waals surface area contributed by atoms with E-state index in [0.29, 0.717) is 5.75 Å². The van der Waals surface area contributed by atoms with Crippen molar-refractivity contribution in [3.63, 3.8) is 0 Å². The molecule has 0 fully saturated rings. The van der Waals surface area contributed by atoms with Crippen LogP contribution in [-0.4, -0.2) is 39.5 Å². The van der Waals surface area contributed by atoms with Crippen molar-refractivity contribution in [2.75, 3.05) is 28.4 Å². The van der Waals surface area contributed by atoms with Gasteiger partial charge in [-0.05, 0) is 12.1 Å². The van der Waals surface area contributed by atoms with E-state index in [1.165, 1.54) is 64.8 Å². The minimum Gasteiger partial charge on any atom is -0.496 e. The molecule has 0 amide bonds. The topological polar surface area (TPSA) is 88.1 Å². The van der Waals surface area contributed by atoms with E-state index in [9.17, 15) is 14.2 Å². The van der Waals surface area contributed by atoms with E-state index < -0.39 is 18.2 Å². The molecule has 0 aliphatic carbocycles. The lowest BCUT2D eigenvalue weighted by Crippen LogP contribution is -2.22. The van der Waals surface area contributed by atoms with Crippen LogP contribution in [0.2, 0.25) is 5.02 Å². The molecule has 0 saturated carbocycles. The smallest absolute Gasteiger partial charge is 0.249 e. The van der Waals surface area contributed by atoms with Crippen LogP contribution in [0.4, 0.5) is 0 Å². The van der Waals surface area contributed by atoms with Crippen molar-refractivity contribution in [2.45, 2.75) is 0 Å². The molecule has 172 valence electrons. The maximum absolute atomic E-state index is 14.6. The monoisotopic (exact) mass is 488 g/mol. The second-order valence-corrected chi connectivity index (χ2v) is 9.73. The zero-order valence-electron chi connectivity index (χ0n) is 18.5. The van der Waals surface area contributed by atoms with E-state index in [0.717, 1.165) is 0 Å². The van der Waals surface area contributed by atoms with Gasteiger partial charge >= 0.3 is 0 Å². The highest BCUT2D eigenvalue weighted by Gasteiger charge is 2.46. The van der Waals surface area contributed by atoms with Gasteiger partial charge in [0.25, 0.3) is 0 Å². The number of hydrogen-bond donors (Lipinski definition) is 0. The first-order chi connectivity index (χ1) is 15.8. The summed E-state index contributed by atoms with van der Waals surface area (Å²) in [6.07, 6.45) is 0. The van der Waals surface area contributed by atoms with E-state index in [4.69, 9.17) is 30.5 Å². The Balaban J connectivity index is 2.34. The van der Waals surface area contributed by atoms with Gasteiger partial charge < -0.3 is 23.5 Å². The van der Waals surface area contributed by atoms with Crippen molar-refractivity contribution < 1.29 is 33.1 Å². The second kappa shape index (κ2) is 10.1. The quantitative estimate of drug-likeness (QED) is 0.390. The van der Waals surface area contributed by atoms with Crippen LogP contribution in [0.3, 0.4) is 0 Å². The normalized spacial score (nSPS) is 12.4. The Labute approximate surface area is 196 Å². The van der Waals surface area contributed by atoms with Crippen molar-refractivity contribution in [1.82, 2.24) is 0 Å². The number of carbonyl (C=O) groups excluding carboxylic acids is 2. The van der Waals surface area contributed by atoms with E-state index in [-0.39, 0.29) is 38.7 Å². The summed E-state index contributed by atoms with van der Waals surface area (Å²) < 4.78 is 35.8. The Hall–Kier alpha value is -3.28. The van der Waals surface area contributed by atoms with Crippen LogP contribution >= 0.6 is 18.7 Å². The third-order valence-corrected chi connectivity index (χ3v) is 7.96. The molecule has 0 bridgehead atoms. The number of methoxy groups -OCH3 is 4. The van der Waals surface area contributed by atoms with Gasteiger partial charge in [-0.1, -0.05) is 48.0 Å². The lowest BCUT2D eigenvalue weighted by Gasteiger charge is -2.21. The highest BCUT2D eigenvalue weighted by molar-refractivity contribution is 8.01. The minimum atomic E-state index is -4.51. The van der Waals surface area contributed by atoms with E-state index >= 15 is 0 Å². The largest absolute Gasteiger partial charge is 0.496 e. The summed E-state index contributed by atoms with van der Waals surface area (Å²) in [5.74, 6) is 0.552. The molecular weight excluding hydrogens is 467 g/mol. The standard InChI is InChI=1S/C24H22ClO7P/c1-29-15-13-19(31-3)22(20(14-15)32-4)24(27)33(28,16-9-6-5-7-10-16)23(26)21-17(25)11-8-12-18(21)30-2/h5-14H,1-4H3. The SMILES string of the molecule is COc1cc(OC)c(C(=O)P(=O)(C(=O)c2c(Cl)cccc2OC)c2ccccc2)c(OC)c1. The summed E-state index contributed by atoms with van der Waals surface area (Å²) in [4.78, 5) is 27.8. The zero-order valence-corrected chi connectivity index (χ0v) is 20.1. The lowest BCUT2D eigenvalue weighted by atomic mass is 10.2. The number of halogens is 1. The molecule has 0 spiro atoms. The molecule has 0 radical (unpaired) electrons. The number of hydrogen-bond acceptors (Lipinski definition) is 7. The lowest BCUT2D eigenvalue weighted by molar-refractivity contribution is 0.103. The molecule has 0 saturated heterocycles. The Kier molecular flexibility index (Phi) is 7.46. The fourth-order valence-electron chi connectivity index (χ4n) is 3.38. The van der Waals surface area contributed by atoms with Gasteiger partial charge in [-0.15, -0.1) is 0 Å². The third kappa shape index (κ3) is 4.34. The molecule has 0 aliphatic rings. The van der Waals surface area contributed by atoms with Gasteiger partial charge in [0.05, 0.1) is 39.0 Å². The molecule has 3 rings (SSSR count). The van der Waals surface area contributed by atoms with Gasteiger partial charge in [0.15, 0.2) is 0 Å². The molecule has 0 heterocycles. The van der Waals surface area contributed by atoms with Gasteiger partial charge in [0, 0.05) is 17.4 Å². The number of rotatable bonds is 9. The van der Waals surface area contributed by atoms with Crippen LogP contribution in [0.1, 0.15) is 20.7 Å². The average molecular weight is 489 g/mol. The molecule has 0 N–H and O–H groups in total. The minimum absolute atomic E-state index is 0.0111. The van der Waals surface area contributed by atoms with Gasteiger partial charge in [0.2, 0.25) is 18.2 Å². The van der Waals surface area contributed by atoms with E-state index in [1.54, 1.807) is 24.3 Å². The summed E-state index contributed by atoms with van der Waals surface area (Å²) >= 11 is 6.30. The summed E-state index contributed by atoms with van der Waals surface area (Å²) in [5.41, 5.74) is -2.21. The maximum atomic E-state index is 14.6. The molecule has 3 aromatic carbocycles. The average Bonchev–Trinajstić information content (AvgIpc) is 2.86. The molecule has 1 unspecified atom stereocenters. The van der Waals surface area contributed by atoms with Gasteiger partial charge in [-0.2, -0.15) is 0 Å². The van der Waals surface area contributed by atoms with Crippen LogP contribution in [0.25, 0.3) is 0 Å². The summed E-state index contributed by atoms with van der Waals surface area (Å²) in [7, 11) is 0.974. The molecule has 0 aliphatic heterocycles. The summed E-state index contributed by atoms with van der Waals surface area (Å²) in [6, 6.07) is 15.3. The molecular formula is C24H22ClO7P. The Morgan fingerprint density at radius 1 is 0.697 bits per heavy atom. The maximum Gasteiger partial charge on any atom is 0.249 e. The van der Waals surface area contributed by atoms with Crippen molar-refractivity contribution >= 4 is 35.1 Å². The predicted molar refractivity (Wildman–Crippen MR) is 126 cm³/mol. The highest BCUT2D eigenvalue weighted by Crippen LogP contribution is 2.55. The van der Waals surface area contributed by atoms with Crippen molar-refractivity contribution in [3.05, 3.63) is 76.8 Å². The van der Waals surface area contributed by atoms with Crippen LogP contribution < -0.4 is 24.3 Å². The van der Waals surface area contributed by atoms with Crippen molar-refractivity contribution in [2.24, 2.45) is 0 Å². The Morgan fingerprint density at radius 2 is 1.24 bits per heavy atom. The van der Waals surface area contributed by atoms with E-state index in [1.807, 2.05) is 0 Å². The number of ether oxygens (including phenoxy) is 4. The molecule has 7 nitrogen and oxygen atoms in total. The molecule has 1 atom stereocenters. The Bertz CT molecular complexity index is 1220. The molecule has 0 aromatic heterocycles. The van der Waals surface area contributed by atoms with Crippen molar-refractivity contribution in [1.29, 1.82) is 0 Å². The molecule has 3 aromatic rings. The highest BCUT2D eigenvalue weighted by atomic mass is 35.5. The predicted octanol–water partition coefficient (Wildman–Crippen LogP) is 5.04. The zero-order chi connectivity index (χ0) is 24.2. The van der Waals surface area contributed by atoms with Crippen LogP contribution in [-0.2, 0) is 4.57 Å². The van der Waals surface area contributed by atoms with Crippen LogP contribution in [0.5, 0.6) is 23.0 Å². The molecule has 33 heavy (non-hydrogen) atoms. The summed E-state index contributed by atoms with van der Waals surface area (Å²) in [6.45, 7) is 0. The number of benzene rings is 3. The fourth-order valence-corrected chi connectivity index (χ4v) is 6.02. The first-order valence-corrected chi connectivity index (χ1v) is 11.8. The molecule has 9 heteroatoms. The number of carbonyl (C=O) groups is 2. The van der Waals surface area contributed by atoms with Crippen molar-refractivity contribution in [3.8, 4) is 23.0 Å². The van der Waals surface area contributed by atoms with Gasteiger partial charge in [0.1, 0.15) is 28.6 Å². The summed E-state index contributed by atoms with van der Waals surface area (Å²) in [5, 5.41) is 0.0545. The first kappa shape index (κ1) is 24.4. The van der Waals surface area contributed by atoms with E-state index in [2.05, 4.69) is 0 Å². The van der Waals surface area contributed by atoms with Crippen LogP contribution in [0.15, 0.2) is 60.7 Å². The van der Waals surface area contributed by atoms with Crippen LogP contribution in [0, 0.1) is 0 Å². The Morgan fingerprint density at radius 3 is 1.76 bits per heavy atom. The first-order valence-electron chi connectivity index (χ1n) is 9.71. The third-order valence-electron chi connectivity index (χ3n) is 5.03. The van der Waals surface area contributed by atoms with Gasteiger partial charge in [-0.25, -0.2) is 0 Å². The fraction of sp³-hybridized carbons (Fsp3) is 0.167.